The molecular formula is C26H33NO3. The van der Waals surface area contributed by atoms with Gasteiger partial charge in [0.05, 0.1) is 6.61 Å². The van der Waals surface area contributed by atoms with Crippen molar-refractivity contribution in [1.82, 2.24) is 0 Å². The average Bonchev–Trinajstić information content (AvgIpc) is 2.66. The zero-order valence-corrected chi connectivity index (χ0v) is 18.8. The first-order chi connectivity index (χ1) is 14.3. The Balaban J connectivity index is 1.58. The second-order valence-electron chi connectivity index (χ2n) is 11.4. The van der Waals surface area contributed by atoms with Crippen molar-refractivity contribution in [1.29, 1.82) is 0 Å². The summed E-state index contributed by atoms with van der Waals surface area (Å²) >= 11 is 0. The van der Waals surface area contributed by atoms with Crippen molar-refractivity contribution in [2.45, 2.75) is 77.7 Å². The molecule has 4 heteroatoms. The summed E-state index contributed by atoms with van der Waals surface area (Å²) in [5.41, 5.74) is 6.17. The van der Waals surface area contributed by atoms with Crippen molar-refractivity contribution in [3.63, 3.8) is 0 Å². The van der Waals surface area contributed by atoms with Gasteiger partial charge in [-0.25, -0.2) is 0 Å². The lowest BCUT2D eigenvalue weighted by molar-refractivity contribution is -0.124. The van der Waals surface area contributed by atoms with E-state index in [4.69, 9.17) is 9.47 Å². The molecule has 0 N–H and O–H groups in total. The van der Waals surface area contributed by atoms with Crippen LogP contribution in [0, 0.1) is 11.3 Å². The number of carbonyl (C=O) groups excluding carboxylic acids is 1. The van der Waals surface area contributed by atoms with E-state index in [1.807, 2.05) is 0 Å². The van der Waals surface area contributed by atoms with Crippen LogP contribution in [-0.2, 0) is 22.4 Å². The van der Waals surface area contributed by atoms with E-state index >= 15 is 0 Å². The zero-order chi connectivity index (χ0) is 20.8. The molecule has 160 valence electrons. The second-order valence-corrected chi connectivity index (χ2v) is 11.4. The van der Waals surface area contributed by atoms with Crippen LogP contribution in [0.15, 0.2) is 17.4 Å². The van der Waals surface area contributed by atoms with Gasteiger partial charge < -0.3 is 14.4 Å². The van der Waals surface area contributed by atoms with Crippen LogP contribution in [0.25, 0.3) is 0 Å². The van der Waals surface area contributed by atoms with Crippen LogP contribution in [-0.4, -0.2) is 31.1 Å². The number of hydrogen-bond donors (Lipinski definition) is 0. The number of anilines is 1. The normalized spacial score (nSPS) is 30.4. The van der Waals surface area contributed by atoms with Crippen molar-refractivity contribution in [3.8, 4) is 5.75 Å². The van der Waals surface area contributed by atoms with Crippen LogP contribution >= 0.6 is 0 Å². The van der Waals surface area contributed by atoms with E-state index in [1.54, 1.807) is 0 Å². The molecule has 0 radical (unpaired) electrons. The maximum absolute atomic E-state index is 13.4. The van der Waals surface area contributed by atoms with Crippen molar-refractivity contribution in [2.75, 3.05) is 24.6 Å². The smallest absolute Gasteiger partial charge is 0.163 e. The average molecular weight is 408 g/mol. The summed E-state index contributed by atoms with van der Waals surface area (Å²) < 4.78 is 13.1. The predicted octanol–water partition coefficient (Wildman–Crippen LogP) is 4.93. The molecule has 4 aliphatic heterocycles. The molecule has 30 heavy (non-hydrogen) atoms. The second kappa shape index (κ2) is 6.05. The molecule has 0 saturated carbocycles. The summed E-state index contributed by atoms with van der Waals surface area (Å²) in [6.07, 6.45) is 6.09. The minimum Gasteiger partial charge on any atom is -0.492 e. The number of aryl methyl sites for hydroxylation is 1. The Morgan fingerprint density at radius 3 is 2.63 bits per heavy atom. The number of carbonyl (C=O) groups is 1. The molecule has 1 aromatic carbocycles. The molecule has 0 unspecified atom stereocenters. The van der Waals surface area contributed by atoms with Gasteiger partial charge in [0.1, 0.15) is 17.1 Å². The van der Waals surface area contributed by atoms with Crippen LogP contribution in [0.4, 0.5) is 5.69 Å². The number of hydrogen-bond acceptors (Lipinski definition) is 4. The van der Waals surface area contributed by atoms with Crippen LogP contribution < -0.4 is 9.64 Å². The molecule has 0 spiro atoms. The van der Waals surface area contributed by atoms with E-state index in [0.717, 1.165) is 49.4 Å². The van der Waals surface area contributed by atoms with Crippen LogP contribution in [0.3, 0.4) is 0 Å². The minimum atomic E-state index is -0.339. The van der Waals surface area contributed by atoms with Gasteiger partial charge in [-0.2, -0.15) is 0 Å². The van der Waals surface area contributed by atoms with Gasteiger partial charge in [-0.15, -0.1) is 0 Å². The molecule has 6 rings (SSSR count). The van der Waals surface area contributed by atoms with Crippen molar-refractivity contribution >= 4 is 11.5 Å². The highest BCUT2D eigenvalue weighted by molar-refractivity contribution is 5.99. The first-order valence-corrected chi connectivity index (χ1v) is 11.8. The fourth-order valence-electron chi connectivity index (χ4n) is 6.81. The van der Waals surface area contributed by atoms with Crippen LogP contribution in [0.2, 0.25) is 0 Å². The third-order valence-corrected chi connectivity index (χ3v) is 8.12. The Morgan fingerprint density at radius 1 is 1.07 bits per heavy atom. The molecule has 0 amide bonds. The number of nitrogens with zero attached hydrogens (tertiary/aromatic N) is 1. The Bertz CT molecular complexity index is 984. The molecule has 0 fully saturated rings. The van der Waals surface area contributed by atoms with Gasteiger partial charge in [0, 0.05) is 60.2 Å². The highest BCUT2D eigenvalue weighted by Crippen LogP contribution is 2.57. The maximum atomic E-state index is 13.4. The fraction of sp³-hybridized carbons (Fsp3) is 0.654. The van der Waals surface area contributed by atoms with Gasteiger partial charge >= 0.3 is 0 Å². The summed E-state index contributed by atoms with van der Waals surface area (Å²) in [5.74, 6) is 2.59. The summed E-state index contributed by atoms with van der Waals surface area (Å²) in [6, 6.07) is 2.40. The molecule has 0 aromatic heterocycles. The fourth-order valence-corrected chi connectivity index (χ4v) is 6.81. The predicted molar refractivity (Wildman–Crippen MR) is 117 cm³/mol. The summed E-state index contributed by atoms with van der Waals surface area (Å²) in [4.78, 5) is 16.0. The van der Waals surface area contributed by atoms with Crippen molar-refractivity contribution in [3.05, 3.63) is 34.1 Å². The third kappa shape index (κ3) is 2.55. The quantitative estimate of drug-likeness (QED) is 0.611. The molecule has 0 bridgehead atoms. The number of benzene rings is 1. The first kappa shape index (κ1) is 18.8. The summed E-state index contributed by atoms with van der Waals surface area (Å²) in [6.45, 7) is 11.7. The van der Waals surface area contributed by atoms with E-state index in [2.05, 4.69) is 38.7 Å². The molecule has 4 nitrogen and oxygen atoms in total. The number of ether oxygens (including phenoxy) is 2. The molecule has 1 aromatic rings. The monoisotopic (exact) mass is 407 g/mol. The van der Waals surface area contributed by atoms with Crippen LogP contribution in [0.5, 0.6) is 5.75 Å². The van der Waals surface area contributed by atoms with E-state index in [-0.39, 0.29) is 28.6 Å². The molecule has 4 heterocycles. The van der Waals surface area contributed by atoms with Gasteiger partial charge in [0.15, 0.2) is 5.78 Å². The molecular weight excluding hydrogens is 374 g/mol. The topological polar surface area (TPSA) is 38.8 Å². The minimum absolute atomic E-state index is 0.0326. The summed E-state index contributed by atoms with van der Waals surface area (Å²) in [5, 5.41) is 0. The van der Waals surface area contributed by atoms with Gasteiger partial charge in [0.25, 0.3) is 0 Å². The van der Waals surface area contributed by atoms with E-state index in [0.29, 0.717) is 13.0 Å². The largest absolute Gasteiger partial charge is 0.492 e. The number of ketones is 1. The maximum Gasteiger partial charge on any atom is 0.163 e. The number of Topliss-reactive ketones (excluding diaryl/α,β-unsaturated/α-hetero) is 1. The summed E-state index contributed by atoms with van der Waals surface area (Å²) in [7, 11) is 0. The zero-order valence-electron chi connectivity index (χ0n) is 18.8. The lowest BCUT2D eigenvalue weighted by atomic mass is 9.63. The Morgan fingerprint density at radius 2 is 1.83 bits per heavy atom. The highest BCUT2D eigenvalue weighted by atomic mass is 16.5. The molecule has 1 aliphatic carbocycles. The van der Waals surface area contributed by atoms with E-state index in [1.165, 1.54) is 35.2 Å². The van der Waals surface area contributed by atoms with E-state index < -0.39 is 0 Å². The standard InChI is InChI=1S/C26H33NO3/c1-25(2)12-19(28)22-20(13-25)30-26(3,4)18-14-29-24-16-8-6-10-27-9-5-7-15(23(16)27)11-17(24)21(18)22/h11,18,21H,5-10,12-14H2,1-4H3/t18-,21+/m1/s1. The first-order valence-electron chi connectivity index (χ1n) is 11.8. The van der Waals surface area contributed by atoms with Gasteiger partial charge in [-0.3, -0.25) is 4.79 Å². The van der Waals surface area contributed by atoms with Crippen molar-refractivity contribution < 1.29 is 14.3 Å². The number of fused-ring (bicyclic) bond motifs is 5. The van der Waals surface area contributed by atoms with Gasteiger partial charge in [-0.1, -0.05) is 13.8 Å². The Labute approximate surface area is 179 Å². The Kier molecular flexibility index (Phi) is 3.78. The van der Waals surface area contributed by atoms with Gasteiger partial charge in [-0.05, 0) is 56.6 Å². The van der Waals surface area contributed by atoms with E-state index in [9.17, 15) is 4.79 Å². The Hall–Kier alpha value is -1.97. The SMILES string of the molecule is CC1(C)CC(=O)C2=C(C1)OC(C)(C)[C@@H]1COc3c(cc4c5c3CCCN5CCC4)[C@H]21. The third-order valence-electron chi connectivity index (χ3n) is 8.12. The molecule has 5 aliphatic rings. The number of rotatable bonds is 0. The molecule has 2 atom stereocenters. The lowest BCUT2D eigenvalue weighted by Gasteiger charge is -2.51. The number of allylic oxidation sites excluding steroid dienone is 2. The molecule has 0 saturated heterocycles. The van der Waals surface area contributed by atoms with Gasteiger partial charge in [0.2, 0.25) is 0 Å². The van der Waals surface area contributed by atoms with Crippen LogP contribution in [0.1, 0.15) is 76.0 Å². The van der Waals surface area contributed by atoms with Crippen molar-refractivity contribution in [2.24, 2.45) is 11.3 Å². The highest BCUT2D eigenvalue weighted by Gasteiger charge is 2.53. The lowest BCUT2D eigenvalue weighted by Crippen LogP contribution is -2.50.